The van der Waals surface area contributed by atoms with Gasteiger partial charge in [-0.05, 0) is 101 Å². The predicted molar refractivity (Wildman–Crippen MR) is 250 cm³/mol. The van der Waals surface area contributed by atoms with Gasteiger partial charge in [-0.25, -0.2) is 15.0 Å². The molecule has 0 N–H and O–H groups in total. The van der Waals surface area contributed by atoms with Crippen LogP contribution >= 0.6 is 0 Å². The molecule has 0 saturated heterocycles. The molecule has 0 bridgehead atoms. The van der Waals surface area contributed by atoms with Crippen LogP contribution in [-0.4, -0.2) is 15.0 Å². The molecule has 11 aromatic rings. The molecule has 60 heavy (non-hydrogen) atoms. The molecule has 0 unspecified atom stereocenters. The first-order valence-electron chi connectivity index (χ1n) is 20.3. The lowest BCUT2D eigenvalue weighted by molar-refractivity contribution is 1.07. The second-order valence-electron chi connectivity index (χ2n) is 15.2. The minimum atomic E-state index is 0.615. The van der Waals surface area contributed by atoms with Crippen molar-refractivity contribution >= 4 is 32.3 Å². The van der Waals surface area contributed by atoms with E-state index >= 15 is 0 Å². The molecule has 0 aliphatic carbocycles. The number of benzene rings is 10. The Morgan fingerprint density at radius 3 is 1.37 bits per heavy atom. The lowest BCUT2D eigenvalue weighted by Gasteiger charge is -2.15. The van der Waals surface area contributed by atoms with Gasteiger partial charge < -0.3 is 0 Å². The lowest BCUT2D eigenvalue weighted by atomic mass is 9.89. The molecule has 3 heteroatoms. The zero-order valence-electron chi connectivity index (χ0n) is 32.7. The molecule has 0 radical (unpaired) electrons. The summed E-state index contributed by atoms with van der Waals surface area (Å²) in [6, 6.07) is 79.5. The molecular formula is C57H37N3. The summed E-state index contributed by atoms with van der Waals surface area (Å²) in [6.07, 6.45) is 0. The van der Waals surface area contributed by atoms with E-state index in [0.717, 1.165) is 55.6 Å². The summed E-state index contributed by atoms with van der Waals surface area (Å²) in [6.45, 7) is 0. The first kappa shape index (κ1) is 35.2. The maximum absolute atomic E-state index is 5.29. The topological polar surface area (TPSA) is 38.7 Å². The van der Waals surface area contributed by atoms with Gasteiger partial charge in [0, 0.05) is 16.7 Å². The fourth-order valence-corrected chi connectivity index (χ4v) is 8.57. The van der Waals surface area contributed by atoms with E-state index in [1.54, 1.807) is 0 Å². The van der Waals surface area contributed by atoms with Crippen LogP contribution in [0.3, 0.4) is 0 Å². The van der Waals surface area contributed by atoms with Crippen LogP contribution in [0.4, 0.5) is 0 Å². The van der Waals surface area contributed by atoms with Crippen molar-refractivity contribution in [3.63, 3.8) is 0 Å². The summed E-state index contributed by atoms with van der Waals surface area (Å²) in [5.41, 5.74) is 11.8. The molecule has 0 fully saturated rings. The van der Waals surface area contributed by atoms with Crippen molar-refractivity contribution in [2.24, 2.45) is 0 Å². The lowest BCUT2D eigenvalue weighted by Crippen LogP contribution is -2.01. The van der Waals surface area contributed by atoms with E-state index in [0.29, 0.717) is 17.5 Å². The molecule has 11 rings (SSSR count). The Hall–Kier alpha value is -8.01. The number of nitrogens with zero attached hydrogens (tertiary/aromatic N) is 3. The molecule has 1 aromatic heterocycles. The minimum Gasteiger partial charge on any atom is -0.208 e. The van der Waals surface area contributed by atoms with Crippen LogP contribution in [0.1, 0.15) is 0 Å². The Morgan fingerprint density at radius 1 is 0.217 bits per heavy atom. The van der Waals surface area contributed by atoms with Gasteiger partial charge in [0.25, 0.3) is 0 Å². The number of rotatable bonds is 7. The summed E-state index contributed by atoms with van der Waals surface area (Å²) >= 11 is 0. The van der Waals surface area contributed by atoms with Crippen molar-refractivity contribution < 1.29 is 0 Å². The van der Waals surface area contributed by atoms with Crippen molar-refractivity contribution in [1.82, 2.24) is 15.0 Å². The van der Waals surface area contributed by atoms with Gasteiger partial charge >= 0.3 is 0 Å². The van der Waals surface area contributed by atoms with E-state index in [2.05, 4.69) is 218 Å². The van der Waals surface area contributed by atoms with Crippen molar-refractivity contribution in [1.29, 1.82) is 0 Å². The molecule has 10 aromatic carbocycles. The number of fused-ring (bicyclic) bond motifs is 4. The highest BCUT2D eigenvalue weighted by Crippen LogP contribution is 2.41. The highest BCUT2D eigenvalue weighted by Gasteiger charge is 2.18. The van der Waals surface area contributed by atoms with Crippen LogP contribution in [0, 0.1) is 0 Å². The van der Waals surface area contributed by atoms with Gasteiger partial charge in [-0.1, -0.05) is 200 Å². The number of aromatic nitrogens is 3. The molecule has 3 nitrogen and oxygen atoms in total. The van der Waals surface area contributed by atoms with E-state index < -0.39 is 0 Å². The third-order valence-corrected chi connectivity index (χ3v) is 11.5. The first-order chi connectivity index (χ1) is 29.7. The molecule has 0 spiro atoms. The molecule has 1 heterocycles. The monoisotopic (exact) mass is 763 g/mol. The van der Waals surface area contributed by atoms with Gasteiger partial charge in [0.1, 0.15) is 0 Å². The summed E-state index contributed by atoms with van der Waals surface area (Å²) < 4.78 is 0. The molecule has 280 valence electrons. The second kappa shape index (κ2) is 15.1. The average molecular weight is 764 g/mol. The average Bonchev–Trinajstić information content (AvgIpc) is 3.34. The van der Waals surface area contributed by atoms with Crippen LogP contribution in [0.5, 0.6) is 0 Å². The summed E-state index contributed by atoms with van der Waals surface area (Å²) in [7, 11) is 0. The van der Waals surface area contributed by atoms with Gasteiger partial charge in [0.05, 0.1) is 0 Å². The molecule has 0 aliphatic rings. The predicted octanol–water partition coefficient (Wildman–Crippen LogP) is 15.0. The fourth-order valence-electron chi connectivity index (χ4n) is 8.57. The van der Waals surface area contributed by atoms with Crippen molar-refractivity contribution in [3.8, 4) is 78.7 Å². The normalized spacial score (nSPS) is 11.3. The maximum atomic E-state index is 5.29. The Bertz CT molecular complexity index is 3280. The summed E-state index contributed by atoms with van der Waals surface area (Å²) in [5.74, 6) is 1.85. The minimum absolute atomic E-state index is 0.615. The molecular weight excluding hydrogens is 727 g/mol. The van der Waals surface area contributed by atoms with Crippen molar-refractivity contribution in [3.05, 3.63) is 224 Å². The van der Waals surface area contributed by atoms with Crippen LogP contribution in [0.25, 0.3) is 111 Å². The Labute approximate surface area is 349 Å². The summed E-state index contributed by atoms with van der Waals surface area (Å²) in [5, 5.41) is 7.42. The molecule has 0 atom stereocenters. The number of hydrogen-bond donors (Lipinski definition) is 0. The van der Waals surface area contributed by atoms with E-state index in [-0.39, 0.29) is 0 Å². The quantitative estimate of drug-likeness (QED) is 0.120. The van der Waals surface area contributed by atoms with E-state index in [1.807, 2.05) is 6.07 Å². The first-order valence-corrected chi connectivity index (χ1v) is 20.3. The van der Waals surface area contributed by atoms with Crippen LogP contribution in [-0.2, 0) is 0 Å². The SMILES string of the molecule is c1ccc(-c2cc(-c3ccccc3)cc(-c3nc(-c4ccc(-c5c6ccccc6cc6c5ccc5ccccc56)cc4)nc(-c4ccccc4-c4ccccc4)n3)c2)cc1. The van der Waals surface area contributed by atoms with Crippen LogP contribution < -0.4 is 0 Å². The maximum Gasteiger partial charge on any atom is 0.164 e. The fraction of sp³-hybridized carbons (Fsp3) is 0. The Balaban J connectivity index is 1.11. The van der Waals surface area contributed by atoms with Crippen LogP contribution in [0.15, 0.2) is 224 Å². The van der Waals surface area contributed by atoms with Crippen LogP contribution in [0.2, 0.25) is 0 Å². The van der Waals surface area contributed by atoms with Crippen molar-refractivity contribution in [2.75, 3.05) is 0 Å². The molecule has 0 aliphatic heterocycles. The zero-order valence-corrected chi connectivity index (χ0v) is 32.7. The summed E-state index contributed by atoms with van der Waals surface area (Å²) in [4.78, 5) is 15.8. The Morgan fingerprint density at radius 2 is 0.700 bits per heavy atom. The zero-order chi connectivity index (χ0) is 39.8. The highest BCUT2D eigenvalue weighted by atomic mass is 15.0. The van der Waals surface area contributed by atoms with Gasteiger partial charge in [-0.3, -0.25) is 0 Å². The van der Waals surface area contributed by atoms with E-state index in [4.69, 9.17) is 15.0 Å². The second-order valence-corrected chi connectivity index (χ2v) is 15.2. The molecule has 0 saturated carbocycles. The number of hydrogen-bond acceptors (Lipinski definition) is 3. The highest BCUT2D eigenvalue weighted by molar-refractivity contribution is 6.20. The molecule has 0 amide bonds. The van der Waals surface area contributed by atoms with Gasteiger partial charge in [0.2, 0.25) is 0 Å². The third kappa shape index (κ3) is 6.49. The van der Waals surface area contributed by atoms with Gasteiger partial charge in [0.15, 0.2) is 17.5 Å². The Kier molecular flexibility index (Phi) is 8.83. The van der Waals surface area contributed by atoms with Gasteiger partial charge in [-0.15, -0.1) is 0 Å². The smallest absolute Gasteiger partial charge is 0.164 e. The third-order valence-electron chi connectivity index (χ3n) is 11.5. The standard InChI is InChI=1S/C57H37N3/c1-4-16-38(17-5-1)45-34-46(39-18-6-2-7-19-39)36-47(35-45)56-58-55(59-57(60-56)52-27-15-14-24-48(52)40-20-8-3-9-21-40)43-30-28-42(29-31-43)54-50-26-13-11-23-44(50)37-53-49-25-12-10-22-41(49)32-33-51(53)54/h1-37H. The van der Waals surface area contributed by atoms with E-state index in [1.165, 1.54) is 37.9 Å². The van der Waals surface area contributed by atoms with Gasteiger partial charge in [-0.2, -0.15) is 0 Å². The van der Waals surface area contributed by atoms with Crippen molar-refractivity contribution in [2.45, 2.75) is 0 Å². The largest absolute Gasteiger partial charge is 0.208 e. The van der Waals surface area contributed by atoms with E-state index in [9.17, 15) is 0 Å².